The third-order valence-corrected chi connectivity index (χ3v) is 12.6. The molecule has 5 aliphatic rings. The molecule has 37 heavy (non-hydrogen) atoms. The Morgan fingerprint density at radius 2 is 1.76 bits per heavy atom. The summed E-state index contributed by atoms with van der Waals surface area (Å²) in [6, 6.07) is 0.119. The van der Waals surface area contributed by atoms with Crippen LogP contribution in [0.2, 0.25) is 0 Å². The highest BCUT2D eigenvalue weighted by Crippen LogP contribution is 2.66. The standard InChI is InChI=1S/C33H54N2O2/c1-22(8-9-23-16-19-35(20-21-36)31(23,2)3)25-12-13-26-24-10-11-28-30(37)29(34(6)7)15-18-33(28,5)27(24)14-17-32(25,26)4/h9-10,22,25-29,36H,8,11-21H2,1-7H3. The van der Waals surface area contributed by atoms with Crippen LogP contribution in [0.4, 0.5) is 0 Å². The molecule has 0 spiro atoms. The predicted molar refractivity (Wildman–Crippen MR) is 152 cm³/mol. The van der Waals surface area contributed by atoms with Gasteiger partial charge in [0.05, 0.1) is 12.6 Å². The fourth-order valence-electron chi connectivity index (χ4n) is 10.3. The number of allylic oxidation sites excluding steroid dienone is 3. The highest BCUT2D eigenvalue weighted by atomic mass is 16.3. The Hall–Kier alpha value is -0.970. The molecular formula is C33H54N2O2. The van der Waals surface area contributed by atoms with Crippen LogP contribution in [-0.4, -0.2) is 66.1 Å². The lowest BCUT2D eigenvalue weighted by atomic mass is 9.47. The van der Waals surface area contributed by atoms with Gasteiger partial charge in [0.25, 0.3) is 0 Å². The van der Waals surface area contributed by atoms with Gasteiger partial charge in [0.15, 0.2) is 5.78 Å². The number of β-amino-alcohol motifs (C(OH)–C–C–N with tert-alkyl or cyclic N) is 1. The monoisotopic (exact) mass is 510 g/mol. The molecule has 8 atom stereocenters. The largest absolute Gasteiger partial charge is 0.395 e. The molecule has 4 heteroatoms. The number of fused-ring (bicyclic) bond motifs is 5. The molecule has 4 fully saturated rings. The maximum atomic E-state index is 13.5. The molecule has 0 aromatic heterocycles. The fraction of sp³-hybridized carbons (Fsp3) is 0.848. The van der Waals surface area contributed by atoms with E-state index >= 15 is 0 Å². The zero-order valence-electron chi connectivity index (χ0n) is 24.9. The predicted octanol–water partition coefficient (Wildman–Crippen LogP) is 6.10. The lowest BCUT2D eigenvalue weighted by Crippen LogP contribution is -2.55. The van der Waals surface area contributed by atoms with Gasteiger partial charge in [-0.1, -0.05) is 44.1 Å². The van der Waals surface area contributed by atoms with E-state index in [2.05, 4.69) is 70.7 Å². The van der Waals surface area contributed by atoms with Crippen LogP contribution in [0.15, 0.2) is 23.3 Å². The Morgan fingerprint density at radius 1 is 1.05 bits per heavy atom. The molecule has 0 amide bonds. The van der Waals surface area contributed by atoms with Crippen molar-refractivity contribution in [1.82, 2.24) is 9.80 Å². The van der Waals surface area contributed by atoms with Crippen molar-refractivity contribution in [3.8, 4) is 0 Å². The third kappa shape index (κ3) is 4.32. The molecule has 208 valence electrons. The first-order valence-corrected chi connectivity index (χ1v) is 15.4. The van der Waals surface area contributed by atoms with Gasteiger partial charge in [0.2, 0.25) is 0 Å². The Morgan fingerprint density at radius 3 is 2.46 bits per heavy atom. The SMILES string of the molecule is CC(CC=C1CCN(CCO)C1(C)C)C1CCC2C3=CCC4C(=O)C(N(C)C)CCC4(C)C3CCC21C. The maximum Gasteiger partial charge on any atom is 0.153 e. The van der Waals surface area contributed by atoms with Crippen molar-refractivity contribution in [2.24, 2.45) is 40.4 Å². The van der Waals surface area contributed by atoms with Gasteiger partial charge in [0.1, 0.15) is 0 Å². The van der Waals surface area contributed by atoms with Gasteiger partial charge in [-0.3, -0.25) is 14.6 Å². The minimum absolute atomic E-state index is 0.0739. The second-order valence-corrected chi connectivity index (χ2v) is 14.7. The first-order valence-electron chi connectivity index (χ1n) is 15.4. The van der Waals surface area contributed by atoms with Crippen LogP contribution in [0.25, 0.3) is 0 Å². The molecule has 4 nitrogen and oxygen atoms in total. The lowest BCUT2D eigenvalue weighted by molar-refractivity contribution is -0.140. The maximum absolute atomic E-state index is 13.5. The molecule has 1 heterocycles. The first-order chi connectivity index (χ1) is 17.4. The van der Waals surface area contributed by atoms with Gasteiger partial charge >= 0.3 is 0 Å². The molecule has 0 aromatic rings. The van der Waals surface area contributed by atoms with Crippen molar-refractivity contribution >= 4 is 5.78 Å². The zero-order chi connectivity index (χ0) is 26.8. The summed E-state index contributed by atoms with van der Waals surface area (Å²) < 4.78 is 0. The van der Waals surface area contributed by atoms with E-state index in [9.17, 15) is 9.90 Å². The molecule has 1 N–H and O–H groups in total. The number of carbonyl (C=O) groups excluding carboxylic acids is 1. The van der Waals surface area contributed by atoms with E-state index in [-0.39, 0.29) is 29.5 Å². The highest BCUT2D eigenvalue weighted by molar-refractivity contribution is 5.88. The number of Topliss-reactive ketones (excluding diaryl/α,β-unsaturated/α-hetero) is 1. The van der Waals surface area contributed by atoms with Gasteiger partial charge in [-0.25, -0.2) is 0 Å². The number of ketones is 1. The summed E-state index contributed by atoms with van der Waals surface area (Å²) in [4.78, 5) is 18.1. The molecule has 3 saturated carbocycles. The number of likely N-dealkylation sites (N-methyl/N-ethyl adjacent to an activating group) is 1. The molecule has 0 radical (unpaired) electrons. The van der Waals surface area contributed by atoms with Gasteiger partial charge in [0, 0.05) is 24.5 Å². The van der Waals surface area contributed by atoms with Gasteiger partial charge < -0.3 is 5.11 Å². The summed E-state index contributed by atoms with van der Waals surface area (Å²) in [5, 5.41) is 9.47. The highest BCUT2D eigenvalue weighted by Gasteiger charge is 2.59. The molecule has 0 aromatic carbocycles. The number of carbonyl (C=O) groups is 1. The smallest absolute Gasteiger partial charge is 0.153 e. The zero-order valence-corrected chi connectivity index (χ0v) is 24.9. The van der Waals surface area contributed by atoms with Crippen LogP contribution in [0.3, 0.4) is 0 Å². The number of aliphatic hydroxyl groups excluding tert-OH is 1. The summed E-state index contributed by atoms with van der Waals surface area (Å²) in [7, 11) is 4.16. The number of nitrogens with zero attached hydrogens (tertiary/aromatic N) is 2. The van der Waals surface area contributed by atoms with Crippen LogP contribution in [0.5, 0.6) is 0 Å². The van der Waals surface area contributed by atoms with Crippen LogP contribution >= 0.6 is 0 Å². The van der Waals surface area contributed by atoms with Crippen molar-refractivity contribution in [2.45, 2.75) is 104 Å². The Balaban J connectivity index is 1.31. The molecular weight excluding hydrogens is 456 g/mol. The van der Waals surface area contributed by atoms with E-state index in [1.807, 2.05) is 0 Å². The van der Waals surface area contributed by atoms with E-state index in [1.165, 1.54) is 38.5 Å². The minimum atomic E-state index is 0.0739. The number of likely N-dealkylation sites (tertiary alicyclic amines) is 1. The van der Waals surface area contributed by atoms with E-state index in [1.54, 1.807) is 11.1 Å². The number of hydrogen-bond acceptors (Lipinski definition) is 4. The first kappa shape index (κ1) is 27.6. The summed E-state index contributed by atoms with van der Waals surface area (Å²) in [5.41, 5.74) is 3.97. The summed E-state index contributed by atoms with van der Waals surface area (Å²) in [5.74, 6) is 3.55. The molecule has 0 bridgehead atoms. The van der Waals surface area contributed by atoms with Crippen molar-refractivity contribution in [1.29, 1.82) is 0 Å². The van der Waals surface area contributed by atoms with E-state index in [0.29, 0.717) is 29.0 Å². The second-order valence-electron chi connectivity index (χ2n) is 14.7. The van der Waals surface area contributed by atoms with Gasteiger partial charge in [-0.05, 0) is 120 Å². The average molecular weight is 511 g/mol. The Labute approximate surface area is 226 Å². The van der Waals surface area contributed by atoms with Gasteiger partial charge in [-0.2, -0.15) is 0 Å². The molecule has 1 saturated heterocycles. The Kier molecular flexibility index (Phi) is 7.38. The second kappa shape index (κ2) is 9.89. The molecule has 5 rings (SSSR count). The molecule has 1 aliphatic heterocycles. The summed E-state index contributed by atoms with van der Waals surface area (Å²) >= 11 is 0. The summed E-state index contributed by atoms with van der Waals surface area (Å²) in [6.07, 6.45) is 16.0. The number of rotatable bonds is 6. The van der Waals surface area contributed by atoms with E-state index in [0.717, 1.165) is 38.3 Å². The number of hydrogen-bond donors (Lipinski definition) is 1. The fourth-order valence-corrected chi connectivity index (χ4v) is 10.3. The summed E-state index contributed by atoms with van der Waals surface area (Å²) in [6.45, 7) is 14.4. The molecule has 4 aliphatic carbocycles. The van der Waals surface area contributed by atoms with E-state index < -0.39 is 0 Å². The van der Waals surface area contributed by atoms with Crippen LogP contribution in [-0.2, 0) is 4.79 Å². The molecule has 8 unspecified atom stereocenters. The minimum Gasteiger partial charge on any atom is -0.395 e. The normalized spacial score (nSPS) is 43.5. The van der Waals surface area contributed by atoms with Crippen molar-refractivity contribution in [2.75, 3.05) is 33.8 Å². The average Bonchev–Trinajstić information content (AvgIpc) is 3.33. The van der Waals surface area contributed by atoms with Crippen molar-refractivity contribution in [3.05, 3.63) is 23.3 Å². The van der Waals surface area contributed by atoms with Crippen molar-refractivity contribution < 1.29 is 9.90 Å². The van der Waals surface area contributed by atoms with Crippen LogP contribution < -0.4 is 0 Å². The Bertz CT molecular complexity index is 950. The topological polar surface area (TPSA) is 43.8 Å². The van der Waals surface area contributed by atoms with Crippen molar-refractivity contribution in [3.63, 3.8) is 0 Å². The van der Waals surface area contributed by atoms with Gasteiger partial charge in [-0.15, -0.1) is 0 Å². The third-order valence-electron chi connectivity index (χ3n) is 12.6. The quantitative estimate of drug-likeness (QED) is 0.438. The van der Waals surface area contributed by atoms with Crippen LogP contribution in [0.1, 0.15) is 92.4 Å². The number of aliphatic hydroxyl groups is 1. The van der Waals surface area contributed by atoms with Crippen LogP contribution in [0, 0.1) is 40.4 Å². The lowest BCUT2D eigenvalue weighted by Gasteiger charge is -2.57. The van der Waals surface area contributed by atoms with E-state index in [4.69, 9.17) is 0 Å².